The number of aliphatic hydroxyl groups excluding tert-OH is 1. The second-order valence-electron chi connectivity index (χ2n) is 6.82. The molecule has 25 heavy (non-hydrogen) atoms. The molecule has 0 aliphatic heterocycles. The lowest BCUT2D eigenvalue weighted by Gasteiger charge is -2.21. The third-order valence-corrected chi connectivity index (χ3v) is 4.34. The third kappa shape index (κ3) is 8.10. The maximum absolute atomic E-state index is 12.3. The molecule has 0 aliphatic rings. The predicted molar refractivity (Wildman–Crippen MR) is 106 cm³/mol. The van der Waals surface area contributed by atoms with Crippen molar-refractivity contribution in [2.24, 2.45) is 5.73 Å². The van der Waals surface area contributed by atoms with E-state index >= 15 is 0 Å². The van der Waals surface area contributed by atoms with Crippen molar-refractivity contribution in [3.63, 3.8) is 0 Å². The molecule has 1 aromatic rings. The Kier molecular flexibility index (Phi) is 9.11. The number of benzene rings is 1. The lowest BCUT2D eigenvalue weighted by atomic mass is 9.94. The van der Waals surface area contributed by atoms with Gasteiger partial charge < -0.3 is 10.8 Å². The van der Waals surface area contributed by atoms with Crippen LogP contribution >= 0.6 is 0 Å². The highest BCUT2D eigenvalue weighted by Gasteiger charge is 2.16. The van der Waals surface area contributed by atoms with Gasteiger partial charge in [-0.05, 0) is 50.2 Å². The molecule has 1 unspecified atom stereocenters. The summed E-state index contributed by atoms with van der Waals surface area (Å²) in [5.74, 6) is 0.179. The van der Waals surface area contributed by atoms with Gasteiger partial charge in [-0.1, -0.05) is 55.7 Å². The normalized spacial score (nSPS) is 14.0. The van der Waals surface area contributed by atoms with Crippen molar-refractivity contribution < 1.29 is 9.90 Å². The van der Waals surface area contributed by atoms with Gasteiger partial charge in [0, 0.05) is 17.5 Å². The molecule has 136 valence electrons. The van der Waals surface area contributed by atoms with Crippen molar-refractivity contribution in [1.29, 1.82) is 0 Å². The van der Waals surface area contributed by atoms with E-state index in [4.69, 9.17) is 5.73 Å². The topological polar surface area (TPSA) is 63.3 Å². The smallest absolute Gasteiger partial charge is 0.162 e. The van der Waals surface area contributed by atoms with E-state index in [0.717, 1.165) is 42.4 Å². The Bertz CT molecular complexity index is 597. The minimum absolute atomic E-state index is 0.0286. The molecule has 1 rings (SSSR count). The summed E-state index contributed by atoms with van der Waals surface area (Å²) in [6.07, 6.45) is 10.4. The van der Waals surface area contributed by atoms with Gasteiger partial charge in [-0.2, -0.15) is 0 Å². The molecule has 0 saturated carbocycles. The first-order chi connectivity index (χ1) is 11.9. The van der Waals surface area contributed by atoms with E-state index < -0.39 is 5.54 Å². The maximum atomic E-state index is 12.3. The largest absolute Gasteiger partial charge is 0.394 e. The Hall–Kier alpha value is -1.97. The van der Waals surface area contributed by atoms with Crippen LogP contribution in [0.25, 0.3) is 0 Å². The number of hydrogen-bond acceptors (Lipinski definition) is 3. The zero-order valence-electron chi connectivity index (χ0n) is 15.3. The summed E-state index contributed by atoms with van der Waals surface area (Å²) in [5.41, 5.74) is 8.43. The maximum Gasteiger partial charge on any atom is 0.162 e. The SMILES string of the molecule is C=C/C=C(\C=C)CCCCC(=O)c1ccc(CCC(C)(N)CO)cc1. The number of allylic oxidation sites excluding steroid dienone is 4. The van der Waals surface area contributed by atoms with Crippen LogP contribution in [-0.4, -0.2) is 23.0 Å². The molecule has 0 bridgehead atoms. The molecule has 3 heteroatoms. The van der Waals surface area contributed by atoms with E-state index in [1.165, 1.54) is 0 Å². The molecule has 0 amide bonds. The number of ketones is 1. The van der Waals surface area contributed by atoms with Crippen molar-refractivity contribution in [2.45, 2.75) is 51.0 Å². The molecule has 0 spiro atoms. The Balaban J connectivity index is 2.42. The van der Waals surface area contributed by atoms with Gasteiger partial charge in [-0.25, -0.2) is 0 Å². The van der Waals surface area contributed by atoms with Crippen molar-refractivity contribution in [1.82, 2.24) is 0 Å². The van der Waals surface area contributed by atoms with Crippen LogP contribution < -0.4 is 5.73 Å². The molecule has 1 atom stereocenters. The quantitative estimate of drug-likeness (QED) is 0.337. The van der Waals surface area contributed by atoms with E-state index in [0.29, 0.717) is 12.8 Å². The van der Waals surface area contributed by atoms with Gasteiger partial charge in [-0.3, -0.25) is 4.79 Å². The lowest BCUT2D eigenvalue weighted by Crippen LogP contribution is -2.40. The highest BCUT2D eigenvalue weighted by molar-refractivity contribution is 5.96. The number of unbranched alkanes of at least 4 members (excludes halogenated alkanes) is 1. The summed E-state index contributed by atoms with van der Waals surface area (Å²) in [5, 5.41) is 9.19. The predicted octanol–water partition coefficient (Wildman–Crippen LogP) is 4.37. The van der Waals surface area contributed by atoms with Gasteiger partial charge in [0.15, 0.2) is 5.78 Å². The summed E-state index contributed by atoms with van der Waals surface area (Å²) in [4.78, 5) is 12.3. The summed E-state index contributed by atoms with van der Waals surface area (Å²) < 4.78 is 0. The van der Waals surface area contributed by atoms with Crippen LogP contribution in [0.4, 0.5) is 0 Å². The second-order valence-corrected chi connectivity index (χ2v) is 6.82. The summed E-state index contributed by atoms with van der Waals surface area (Å²) in [6.45, 7) is 9.28. The van der Waals surface area contributed by atoms with Crippen LogP contribution in [0.5, 0.6) is 0 Å². The Morgan fingerprint density at radius 1 is 1.20 bits per heavy atom. The van der Waals surface area contributed by atoms with Gasteiger partial charge in [0.2, 0.25) is 0 Å². The van der Waals surface area contributed by atoms with Crippen LogP contribution in [0.2, 0.25) is 0 Å². The van der Waals surface area contributed by atoms with Gasteiger partial charge in [0.25, 0.3) is 0 Å². The average Bonchev–Trinajstić information content (AvgIpc) is 2.62. The van der Waals surface area contributed by atoms with Crippen LogP contribution in [-0.2, 0) is 6.42 Å². The van der Waals surface area contributed by atoms with Crippen LogP contribution in [0.3, 0.4) is 0 Å². The molecular weight excluding hydrogens is 310 g/mol. The molecule has 3 N–H and O–H groups in total. The molecule has 0 fully saturated rings. The summed E-state index contributed by atoms with van der Waals surface area (Å²) in [6, 6.07) is 7.72. The Morgan fingerprint density at radius 3 is 2.40 bits per heavy atom. The minimum Gasteiger partial charge on any atom is -0.394 e. The van der Waals surface area contributed by atoms with Crippen LogP contribution in [0.1, 0.15) is 54.9 Å². The van der Waals surface area contributed by atoms with Gasteiger partial charge in [-0.15, -0.1) is 0 Å². The van der Waals surface area contributed by atoms with Crippen molar-refractivity contribution in [3.8, 4) is 0 Å². The number of carbonyl (C=O) groups is 1. The van der Waals surface area contributed by atoms with E-state index in [9.17, 15) is 9.90 Å². The summed E-state index contributed by atoms with van der Waals surface area (Å²) in [7, 11) is 0. The van der Waals surface area contributed by atoms with Crippen LogP contribution in [0.15, 0.2) is 61.2 Å². The number of nitrogens with two attached hydrogens (primary N) is 1. The Morgan fingerprint density at radius 2 is 1.84 bits per heavy atom. The van der Waals surface area contributed by atoms with E-state index in [2.05, 4.69) is 13.2 Å². The molecule has 1 aromatic carbocycles. The molecule has 3 nitrogen and oxygen atoms in total. The lowest BCUT2D eigenvalue weighted by molar-refractivity contribution is 0.0979. The standard InChI is InChI=1S/C22H31NO2/c1-4-8-18(5-2)9-6-7-10-21(25)20-13-11-19(12-14-20)15-16-22(3,23)17-24/h4-5,8,11-14,24H,1-2,6-7,9-10,15-17,23H2,3H3/b18-8+. The monoisotopic (exact) mass is 341 g/mol. The number of rotatable bonds is 12. The molecule has 0 radical (unpaired) electrons. The van der Waals surface area contributed by atoms with E-state index in [1.807, 2.05) is 43.3 Å². The van der Waals surface area contributed by atoms with Crippen molar-refractivity contribution in [3.05, 3.63) is 72.4 Å². The number of aliphatic hydroxyl groups is 1. The number of Topliss-reactive ketones (excluding diaryl/α,β-unsaturated/α-hetero) is 1. The fourth-order valence-corrected chi connectivity index (χ4v) is 2.53. The van der Waals surface area contributed by atoms with E-state index in [-0.39, 0.29) is 12.4 Å². The van der Waals surface area contributed by atoms with Crippen molar-refractivity contribution in [2.75, 3.05) is 6.61 Å². The number of hydrogen-bond donors (Lipinski definition) is 2. The van der Waals surface area contributed by atoms with Gasteiger partial charge in [0.05, 0.1) is 6.61 Å². The second kappa shape index (κ2) is 10.8. The number of aryl methyl sites for hydroxylation is 1. The van der Waals surface area contributed by atoms with Gasteiger partial charge >= 0.3 is 0 Å². The number of carbonyl (C=O) groups excluding carboxylic acids is 1. The third-order valence-electron chi connectivity index (χ3n) is 4.34. The van der Waals surface area contributed by atoms with Crippen LogP contribution in [0, 0.1) is 0 Å². The first kappa shape index (κ1) is 21.1. The van der Waals surface area contributed by atoms with Gasteiger partial charge in [0.1, 0.15) is 0 Å². The minimum atomic E-state index is -0.557. The molecule has 0 saturated heterocycles. The average molecular weight is 341 g/mol. The Labute approximate surface area is 151 Å². The molecular formula is C22H31NO2. The zero-order valence-corrected chi connectivity index (χ0v) is 15.3. The zero-order chi connectivity index (χ0) is 18.7. The highest BCUT2D eigenvalue weighted by Crippen LogP contribution is 2.15. The fourth-order valence-electron chi connectivity index (χ4n) is 2.53. The molecule has 0 aromatic heterocycles. The first-order valence-electron chi connectivity index (χ1n) is 8.88. The van der Waals surface area contributed by atoms with E-state index in [1.54, 1.807) is 6.08 Å². The molecule has 0 aliphatic carbocycles. The summed E-state index contributed by atoms with van der Waals surface area (Å²) >= 11 is 0. The first-order valence-corrected chi connectivity index (χ1v) is 8.88. The molecule has 0 heterocycles. The fraction of sp³-hybridized carbons (Fsp3) is 0.409. The highest BCUT2D eigenvalue weighted by atomic mass is 16.3. The van der Waals surface area contributed by atoms with Crippen molar-refractivity contribution >= 4 is 5.78 Å².